The Balaban J connectivity index is 1.72. The van der Waals surface area contributed by atoms with Gasteiger partial charge in [0.05, 0.1) is 0 Å². The number of carbonyl (C=O) groups excluding carboxylic acids is 2. The van der Waals surface area contributed by atoms with Gasteiger partial charge in [-0.2, -0.15) is 0 Å². The van der Waals surface area contributed by atoms with E-state index < -0.39 is 22.8 Å². The van der Waals surface area contributed by atoms with Crippen molar-refractivity contribution in [3.05, 3.63) is 47.3 Å². The van der Waals surface area contributed by atoms with Gasteiger partial charge in [0.1, 0.15) is 12.6 Å². The van der Waals surface area contributed by atoms with Crippen molar-refractivity contribution in [1.82, 2.24) is 4.90 Å². The normalized spacial score (nSPS) is 28.5. The number of carbonyl (C=O) groups is 2. The van der Waals surface area contributed by atoms with Crippen LogP contribution in [0.3, 0.4) is 0 Å². The molecule has 2 aliphatic rings. The zero-order valence-electron chi connectivity index (χ0n) is 12.4. The van der Waals surface area contributed by atoms with Crippen LogP contribution in [-0.2, 0) is 20.9 Å². The van der Waals surface area contributed by atoms with E-state index in [-0.39, 0.29) is 17.9 Å². The molecule has 114 valence electrons. The maximum absolute atomic E-state index is 12.5. The molecule has 0 aliphatic carbocycles. The Labute approximate surface area is 133 Å². The number of fused-ring (bicyclic) bond motifs is 1. The number of ether oxygens (including phenoxy) is 1. The van der Waals surface area contributed by atoms with Crippen LogP contribution in [0.15, 0.2) is 30.3 Å². The summed E-state index contributed by atoms with van der Waals surface area (Å²) in [5.74, 6) is -0.666. The molecule has 5 nitrogen and oxygen atoms in total. The van der Waals surface area contributed by atoms with E-state index >= 15 is 0 Å². The van der Waals surface area contributed by atoms with Crippen molar-refractivity contribution in [2.45, 2.75) is 42.7 Å². The summed E-state index contributed by atoms with van der Waals surface area (Å²) in [6.45, 7) is 11.1. The van der Waals surface area contributed by atoms with E-state index in [1.54, 1.807) is 0 Å². The Morgan fingerprint density at radius 2 is 2.09 bits per heavy atom. The summed E-state index contributed by atoms with van der Waals surface area (Å²) in [5, 5.41) is -0.228. The number of amides is 1. The van der Waals surface area contributed by atoms with Crippen molar-refractivity contribution in [2.24, 2.45) is 0 Å². The maximum Gasteiger partial charge on any atom is 0.330 e. The predicted octanol–water partition coefficient (Wildman–Crippen LogP) is 2.08. The highest BCUT2D eigenvalue weighted by atomic mass is 32.2. The number of rotatable bonds is 3. The molecule has 0 N–H and O–H groups in total. The van der Waals surface area contributed by atoms with Gasteiger partial charge >= 0.3 is 17.9 Å². The molecule has 1 aromatic carbocycles. The van der Waals surface area contributed by atoms with Crippen molar-refractivity contribution >= 4 is 23.6 Å². The standard InChI is InChI=1S/C16H16N2O3S/c1-16(2)12(18-13(19)11(17-3)14(18)22-16)15(20)21-9-10-7-5-4-6-8-10/h4-8,11-12,14H,9H2,1-2H3/t11?,12-,14+/m0/s1. The molecule has 1 unspecified atom stereocenters. The summed E-state index contributed by atoms with van der Waals surface area (Å²) in [4.78, 5) is 29.4. The van der Waals surface area contributed by atoms with E-state index in [1.807, 2.05) is 44.2 Å². The van der Waals surface area contributed by atoms with E-state index in [4.69, 9.17) is 11.3 Å². The molecule has 1 amide bonds. The topological polar surface area (TPSA) is 51.0 Å². The second kappa shape index (κ2) is 5.33. The number of thioether (sulfide) groups is 1. The third kappa shape index (κ3) is 2.26. The lowest BCUT2D eigenvalue weighted by molar-refractivity contribution is -0.162. The van der Waals surface area contributed by atoms with Gasteiger partial charge in [0.2, 0.25) is 0 Å². The fourth-order valence-electron chi connectivity index (χ4n) is 2.90. The monoisotopic (exact) mass is 316 g/mol. The van der Waals surface area contributed by atoms with E-state index in [0.717, 1.165) is 5.56 Å². The first-order chi connectivity index (χ1) is 10.5. The maximum atomic E-state index is 12.5. The molecule has 2 aliphatic heterocycles. The lowest BCUT2D eigenvalue weighted by Crippen LogP contribution is -2.64. The van der Waals surface area contributed by atoms with Crippen molar-refractivity contribution < 1.29 is 14.3 Å². The first kappa shape index (κ1) is 14.9. The summed E-state index contributed by atoms with van der Waals surface area (Å²) in [6.07, 6.45) is 0. The Kier molecular flexibility index (Phi) is 3.61. The summed E-state index contributed by atoms with van der Waals surface area (Å²) < 4.78 is 4.94. The quantitative estimate of drug-likeness (QED) is 0.487. The molecule has 0 spiro atoms. The number of nitrogens with zero attached hydrogens (tertiary/aromatic N) is 2. The Morgan fingerprint density at radius 3 is 2.73 bits per heavy atom. The van der Waals surface area contributed by atoms with Gasteiger partial charge in [0.25, 0.3) is 0 Å². The summed E-state index contributed by atoms with van der Waals surface area (Å²) in [7, 11) is 0. The number of hydrogen-bond donors (Lipinski definition) is 0. The van der Waals surface area contributed by atoms with E-state index in [9.17, 15) is 9.59 Å². The molecule has 22 heavy (non-hydrogen) atoms. The molecular weight excluding hydrogens is 300 g/mol. The molecule has 6 heteroatoms. The molecule has 3 rings (SSSR count). The zero-order chi connectivity index (χ0) is 15.9. The average Bonchev–Trinajstić information content (AvgIpc) is 2.74. The van der Waals surface area contributed by atoms with Crippen molar-refractivity contribution in [3.63, 3.8) is 0 Å². The Hall–Kier alpha value is -2.00. The Morgan fingerprint density at radius 1 is 1.41 bits per heavy atom. The van der Waals surface area contributed by atoms with Crippen LogP contribution in [0.1, 0.15) is 19.4 Å². The van der Waals surface area contributed by atoms with Gasteiger partial charge in [-0.1, -0.05) is 30.3 Å². The highest BCUT2D eigenvalue weighted by molar-refractivity contribution is 8.01. The highest BCUT2D eigenvalue weighted by Crippen LogP contribution is 2.51. The molecule has 2 saturated heterocycles. The molecule has 0 aromatic heterocycles. The van der Waals surface area contributed by atoms with E-state index in [0.29, 0.717) is 0 Å². The highest BCUT2D eigenvalue weighted by Gasteiger charge is 2.67. The van der Waals surface area contributed by atoms with E-state index in [1.165, 1.54) is 16.7 Å². The van der Waals surface area contributed by atoms with Crippen LogP contribution in [-0.4, -0.2) is 39.0 Å². The third-order valence-corrected chi connectivity index (χ3v) is 5.56. The number of β-lactam (4-membered cyclic amide) rings is 1. The van der Waals surface area contributed by atoms with Crippen LogP contribution in [0.2, 0.25) is 0 Å². The molecule has 1 aromatic rings. The summed E-state index contributed by atoms with van der Waals surface area (Å²) in [5.41, 5.74) is 0.907. The van der Waals surface area contributed by atoms with Crippen LogP contribution in [0.25, 0.3) is 4.85 Å². The number of benzene rings is 1. The predicted molar refractivity (Wildman–Crippen MR) is 82.7 cm³/mol. The number of esters is 1. The molecule has 0 bridgehead atoms. The lowest BCUT2D eigenvalue weighted by Gasteiger charge is -2.37. The third-order valence-electron chi connectivity index (χ3n) is 4.00. The molecule has 2 fully saturated rings. The second-order valence-corrected chi connectivity index (χ2v) is 7.70. The fraction of sp³-hybridized carbons (Fsp3) is 0.438. The fourth-order valence-corrected chi connectivity index (χ4v) is 4.51. The summed E-state index contributed by atoms with van der Waals surface area (Å²) in [6, 6.07) is 8.15. The van der Waals surface area contributed by atoms with Gasteiger partial charge in [0, 0.05) is 4.75 Å². The van der Waals surface area contributed by atoms with Crippen LogP contribution >= 0.6 is 11.8 Å². The zero-order valence-corrected chi connectivity index (χ0v) is 13.2. The minimum absolute atomic E-state index is 0.190. The molecule has 0 radical (unpaired) electrons. The van der Waals surface area contributed by atoms with Gasteiger partial charge in [0.15, 0.2) is 5.37 Å². The first-order valence-corrected chi connectivity index (χ1v) is 7.91. The van der Waals surface area contributed by atoms with Crippen LogP contribution in [0, 0.1) is 6.57 Å². The van der Waals surface area contributed by atoms with Crippen LogP contribution in [0.5, 0.6) is 0 Å². The lowest BCUT2D eigenvalue weighted by atomic mass is 9.96. The molecule has 2 heterocycles. The van der Waals surface area contributed by atoms with Gasteiger partial charge in [-0.15, -0.1) is 11.8 Å². The van der Waals surface area contributed by atoms with Gasteiger partial charge in [-0.25, -0.2) is 11.4 Å². The molecule has 3 atom stereocenters. The summed E-state index contributed by atoms with van der Waals surface area (Å²) >= 11 is 1.50. The van der Waals surface area contributed by atoms with E-state index in [2.05, 4.69) is 4.85 Å². The Bertz CT molecular complexity index is 653. The van der Waals surface area contributed by atoms with Crippen molar-refractivity contribution in [2.75, 3.05) is 0 Å². The minimum atomic E-state index is -0.656. The van der Waals surface area contributed by atoms with Gasteiger partial charge in [-0.3, -0.25) is 9.64 Å². The van der Waals surface area contributed by atoms with Gasteiger partial charge in [-0.05, 0) is 19.4 Å². The van der Waals surface area contributed by atoms with Crippen LogP contribution < -0.4 is 0 Å². The average molecular weight is 316 g/mol. The second-order valence-electron chi connectivity index (χ2n) is 5.93. The van der Waals surface area contributed by atoms with Crippen molar-refractivity contribution in [1.29, 1.82) is 0 Å². The molecular formula is C16H16N2O3S. The first-order valence-electron chi connectivity index (χ1n) is 7.03. The molecule has 0 saturated carbocycles. The SMILES string of the molecule is [C-]#[N+]C1C(=O)N2[C@@H]1SC(C)(C)[C@@H]2C(=O)OCc1ccccc1. The minimum Gasteiger partial charge on any atom is -0.459 e. The number of hydrogen-bond acceptors (Lipinski definition) is 4. The van der Waals surface area contributed by atoms with Gasteiger partial charge < -0.3 is 9.64 Å². The largest absolute Gasteiger partial charge is 0.459 e. The smallest absolute Gasteiger partial charge is 0.330 e. The van der Waals surface area contributed by atoms with Crippen molar-refractivity contribution in [3.8, 4) is 0 Å². The van der Waals surface area contributed by atoms with Crippen LogP contribution in [0.4, 0.5) is 0 Å².